The Morgan fingerprint density at radius 3 is 2.48 bits per heavy atom. The monoisotopic (exact) mass is 366 g/mol. The molecule has 25 heavy (non-hydrogen) atoms. The molecular formula is C19H30N2O3S. The standard InChI is InChI=1S/C19H30N2O3S/c1-4-20(17-9-10-25(23,24)13-17)12-19(22)18-11-14(2)21(15(18)3)16-7-5-6-8-16/h11,16-17H,4-10,12-13H2,1-3H3. The summed E-state index contributed by atoms with van der Waals surface area (Å²) in [5.41, 5.74) is 3.05. The van der Waals surface area contributed by atoms with Gasteiger partial charge in [-0.25, -0.2) is 8.42 Å². The predicted molar refractivity (Wildman–Crippen MR) is 100 cm³/mol. The third-order valence-electron chi connectivity index (χ3n) is 5.95. The van der Waals surface area contributed by atoms with Gasteiger partial charge in [0.15, 0.2) is 15.6 Å². The summed E-state index contributed by atoms with van der Waals surface area (Å²) in [6.45, 7) is 7.15. The summed E-state index contributed by atoms with van der Waals surface area (Å²) in [6.07, 6.45) is 5.58. The lowest BCUT2D eigenvalue weighted by Gasteiger charge is -2.25. The molecule has 1 unspecified atom stereocenters. The van der Waals surface area contributed by atoms with E-state index >= 15 is 0 Å². The number of ketones is 1. The Hall–Kier alpha value is -1.14. The number of carbonyl (C=O) groups excluding carboxylic acids is 1. The molecule has 0 bridgehead atoms. The SMILES string of the molecule is CCN(CC(=O)c1cc(C)n(C2CCCC2)c1C)C1CCS(=O)(=O)C1. The van der Waals surface area contributed by atoms with E-state index in [4.69, 9.17) is 0 Å². The number of sulfone groups is 1. The Kier molecular flexibility index (Phi) is 5.40. The molecule has 1 saturated heterocycles. The maximum atomic E-state index is 12.9. The van der Waals surface area contributed by atoms with Crippen molar-refractivity contribution < 1.29 is 13.2 Å². The zero-order valence-corrected chi connectivity index (χ0v) is 16.4. The predicted octanol–water partition coefficient (Wildman–Crippen LogP) is 2.91. The van der Waals surface area contributed by atoms with Crippen molar-refractivity contribution in [2.45, 2.75) is 65.0 Å². The van der Waals surface area contributed by atoms with Crippen molar-refractivity contribution in [3.05, 3.63) is 23.0 Å². The van der Waals surface area contributed by atoms with E-state index in [0.717, 1.165) is 11.3 Å². The van der Waals surface area contributed by atoms with Gasteiger partial charge in [0.1, 0.15) is 0 Å². The first-order valence-corrected chi connectivity index (χ1v) is 11.3. The first-order valence-electron chi connectivity index (χ1n) is 9.48. The van der Waals surface area contributed by atoms with Crippen molar-refractivity contribution in [1.82, 2.24) is 9.47 Å². The van der Waals surface area contributed by atoms with Gasteiger partial charge in [0.05, 0.1) is 18.1 Å². The quantitative estimate of drug-likeness (QED) is 0.727. The highest BCUT2D eigenvalue weighted by molar-refractivity contribution is 7.91. The van der Waals surface area contributed by atoms with E-state index in [9.17, 15) is 13.2 Å². The van der Waals surface area contributed by atoms with Gasteiger partial charge in [0, 0.05) is 29.0 Å². The normalized spacial score (nSPS) is 23.6. The average molecular weight is 367 g/mol. The Morgan fingerprint density at radius 1 is 1.24 bits per heavy atom. The Bertz CT molecular complexity index is 745. The summed E-state index contributed by atoms with van der Waals surface area (Å²) >= 11 is 0. The smallest absolute Gasteiger partial charge is 0.178 e. The first kappa shape index (κ1) is 18.6. The molecule has 0 spiro atoms. The van der Waals surface area contributed by atoms with Crippen molar-refractivity contribution in [1.29, 1.82) is 0 Å². The van der Waals surface area contributed by atoms with E-state index in [1.54, 1.807) is 0 Å². The molecule has 2 fully saturated rings. The van der Waals surface area contributed by atoms with Crippen LogP contribution in [-0.4, -0.2) is 54.3 Å². The molecule has 2 heterocycles. The van der Waals surface area contributed by atoms with Crippen molar-refractivity contribution >= 4 is 15.6 Å². The van der Waals surface area contributed by atoms with Gasteiger partial charge in [-0.15, -0.1) is 0 Å². The lowest BCUT2D eigenvalue weighted by molar-refractivity contribution is 0.0906. The van der Waals surface area contributed by atoms with Crippen LogP contribution in [0.1, 0.15) is 66.8 Å². The van der Waals surface area contributed by atoms with Gasteiger partial charge in [-0.3, -0.25) is 9.69 Å². The molecule has 5 nitrogen and oxygen atoms in total. The van der Waals surface area contributed by atoms with Crippen LogP contribution < -0.4 is 0 Å². The second-order valence-electron chi connectivity index (χ2n) is 7.64. The number of aromatic nitrogens is 1. The van der Waals surface area contributed by atoms with Crippen molar-refractivity contribution in [3.63, 3.8) is 0 Å². The molecule has 6 heteroatoms. The van der Waals surface area contributed by atoms with Crippen molar-refractivity contribution in [3.8, 4) is 0 Å². The highest BCUT2D eigenvalue weighted by Crippen LogP contribution is 2.33. The van der Waals surface area contributed by atoms with Gasteiger partial charge >= 0.3 is 0 Å². The second-order valence-corrected chi connectivity index (χ2v) is 9.86. The summed E-state index contributed by atoms with van der Waals surface area (Å²) in [5.74, 6) is 0.553. The number of likely N-dealkylation sites (N-methyl/N-ethyl adjacent to an activating group) is 1. The van der Waals surface area contributed by atoms with Crippen LogP contribution in [0.2, 0.25) is 0 Å². The van der Waals surface area contributed by atoms with Crippen LogP contribution in [0.5, 0.6) is 0 Å². The summed E-state index contributed by atoms with van der Waals surface area (Å²) < 4.78 is 25.8. The molecule has 1 aromatic heterocycles. The summed E-state index contributed by atoms with van der Waals surface area (Å²) in [6, 6.07) is 2.54. The van der Waals surface area contributed by atoms with E-state index < -0.39 is 9.84 Å². The number of hydrogen-bond donors (Lipinski definition) is 0. The fourth-order valence-corrected chi connectivity index (χ4v) is 6.38. The lowest BCUT2D eigenvalue weighted by atomic mass is 10.1. The minimum atomic E-state index is -2.93. The fourth-order valence-electron chi connectivity index (χ4n) is 4.62. The number of nitrogens with zero attached hydrogens (tertiary/aromatic N) is 2. The third kappa shape index (κ3) is 3.85. The average Bonchev–Trinajstić information content (AvgIpc) is 3.25. The molecule has 2 aliphatic rings. The minimum Gasteiger partial charge on any atom is -0.345 e. The molecule has 0 N–H and O–H groups in total. The highest BCUT2D eigenvalue weighted by atomic mass is 32.2. The highest BCUT2D eigenvalue weighted by Gasteiger charge is 2.33. The molecular weight excluding hydrogens is 336 g/mol. The van der Waals surface area contributed by atoms with Gasteiger partial charge in [0.25, 0.3) is 0 Å². The largest absolute Gasteiger partial charge is 0.345 e. The van der Waals surface area contributed by atoms with Gasteiger partial charge in [-0.1, -0.05) is 19.8 Å². The zero-order valence-electron chi connectivity index (χ0n) is 15.6. The zero-order chi connectivity index (χ0) is 18.2. The topological polar surface area (TPSA) is 59.4 Å². The lowest BCUT2D eigenvalue weighted by Crippen LogP contribution is -2.39. The van der Waals surface area contributed by atoms with Crippen LogP contribution in [0.25, 0.3) is 0 Å². The molecule has 1 saturated carbocycles. The van der Waals surface area contributed by atoms with E-state index in [1.807, 2.05) is 17.9 Å². The van der Waals surface area contributed by atoms with Crippen LogP contribution in [0.3, 0.4) is 0 Å². The van der Waals surface area contributed by atoms with Gasteiger partial charge in [-0.05, 0) is 45.7 Å². The number of rotatable bonds is 6. The number of Topliss-reactive ketones (excluding diaryl/α,β-unsaturated/α-hetero) is 1. The molecule has 1 aromatic rings. The van der Waals surface area contributed by atoms with Gasteiger partial charge < -0.3 is 4.57 Å². The molecule has 0 radical (unpaired) electrons. The molecule has 140 valence electrons. The van der Waals surface area contributed by atoms with Crippen LogP contribution >= 0.6 is 0 Å². The molecule has 1 aliphatic heterocycles. The van der Waals surface area contributed by atoms with E-state index in [-0.39, 0.29) is 23.3 Å². The van der Waals surface area contributed by atoms with Crippen LogP contribution in [-0.2, 0) is 9.84 Å². The summed E-state index contributed by atoms with van der Waals surface area (Å²) in [7, 11) is -2.93. The minimum absolute atomic E-state index is 0.0164. The van der Waals surface area contributed by atoms with Crippen LogP contribution in [0.15, 0.2) is 6.07 Å². The third-order valence-corrected chi connectivity index (χ3v) is 7.70. The summed E-state index contributed by atoms with van der Waals surface area (Å²) in [5, 5.41) is 0. The maximum Gasteiger partial charge on any atom is 0.178 e. The molecule has 0 aromatic carbocycles. The van der Waals surface area contributed by atoms with Gasteiger partial charge in [-0.2, -0.15) is 0 Å². The number of hydrogen-bond acceptors (Lipinski definition) is 4. The van der Waals surface area contributed by atoms with Crippen LogP contribution in [0, 0.1) is 13.8 Å². The molecule has 3 rings (SSSR count). The Labute approximate surface area is 151 Å². The molecule has 1 atom stereocenters. The van der Waals surface area contributed by atoms with E-state index in [0.29, 0.717) is 25.6 Å². The maximum absolute atomic E-state index is 12.9. The van der Waals surface area contributed by atoms with Crippen molar-refractivity contribution in [2.75, 3.05) is 24.6 Å². The summed E-state index contributed by atoms with van der Waals surface area (Å²) in [4.78, 5) is 15.0. The number of aryl methyl sites for hydroxylation is 1. The number of carbonyl (C=O) groups is 1. The van der Waals surface area contributed by atoms with Crippen LogP contribution in [0.4, 0.5) is 0 Å². The van der Waals surface area contributed by atoms with Gasteiger partial charge in [0.2, 0.25) is 0 Å². The molecule has 0 amide bonds. The van der Waals surface area contributed by atoms with Crippen molar-refractivity contribution in [2.24, 2.45) is 0 Å². The van der Waals surface area contributed by atoms with E-state index in [2.05, 4.69) is 18.4 Å². The second kappa shape index (κ2) is 7.23. The first-order chi connectivity index (χ1) is 11.8. The van der Waals surface area contributed by atoms with E-state index in [1.165, 1.54) is 31.4 Å². The fraction of sp³-hybridized carbons (Fsp3) is 0.737. The molecule has 1 aliphatic carbocycles. The Balaban J connectivity index is 1.75. The Morgan fingerprint density at radius 2 is 1.92 bits per heavy atom.